The first-order valence-electron chi connectivity index (χ1n) is 5.41. The van der Waals surface area contributed by atoms with Gasteiger partial charge in [0.05, 0.1) is 13.2 Å². The van der Waals surface area contributed by atoms with Crippen molar-refractivity contribution in [2.45, 2.75) is 0 Å². The van der Waals surface area contributed by atoms with Gasteiger partial charge in [-0.25, -0.2) is 0 Å². The van der Waals surface area contributed by atoms with E-state index in [1.807, 2.05) is 0 Å². The molecule has 1 aliphatic heterocycles. The summed E-state index contributed by atoms with van der Waals surface area (Å²) in [6.07, 6.45) is 0. The topological polar surface area (TPSA) is 40.1 Å². The molecule has 0 aromatic rings. The van der Waals surface area contributed by atoms with Crippen LogP contribution in [0.3, 0.4) is 0 Å². The molecule has 1 N–H and O–H groups in total. The van der Waals surface area contributed by atoms with Gasteiger partial charge in [-0.2, -0.15) is 0 Å². The number of methoxy groups -OCH3 is 1. The number of hydrogen-bond donors (Lipinski definition) is 1. The van der Waals surface area contributed by atoms with Gasteiger partial charge in [-0.15, -0.1) is 0 Å². The molecule has 5 nitrogen and oxygen atoms in total. The minimum Gasteiger partial charge on any atom is -0.383 e. The number of guanidine groups is 1. The highest BCUT2D eigenvalue weighted by Crippen LogP contribution is 1.94. The van der Waals surface area contributed by atoms with E-state index in [9.17, 15) is 0 Å². The lowest BCUT2D eigenvalue weighted by Crippen LogP contribution is -2.40. The lowest BCUT2D eigenvalue weighted by molar-refractivity contribution is 0.162. The molecule has 5 heteroatoms. The van der Waals surface area contributed by atoms with Crippen LogP contribution in [-0.2, 0) is 4.74 Å². The third-order valence-electron chi connectivity index (χ3n) is 2.51. The normalized spacial score (nSPS) is 16.0. The van der Waals surface area contributed by atoms with Gasteiger partial charge in [0.15, 0.2) is 5.96 Å². The first kappa shape index (κ1) is 12.3. The first-order chi connectivity index (χ1) is 7.24. The smallest absolute Gasteiger partial charge is 0.193 e. The van der Waals surface area contributed by atoms with Crippen LogP contribution in [0, 0.1) is 0 Å². The molecule has 1 heterocycles. The largest absolute Gasteiger partial charge is 0.383 e. The van der Waals surface area contributed by atoms with E-state index < -0.39 is 0 Å². The Balaban J connectivity index is 2.05. The van der Waals surface area contributed by atoms with Gasteiger partial charge >= 0.3 is 0 Å². The standard InChI is InChI=1S/C10H22N4O/c1-13(8-9-15-3)6-4-11-10-12-5-7-14(10)2/h4-9H2,1-3H3,(H,11,12). The van der Waals surface area contributed by atoms with Gasteiger partial charge in [-0.3, -0.25) is 4.99 Å². The lowest BCUT2D eigenvalue weighted by Gasteiger charge is -2.19. The van der Waals surface area contributed by atoms with Crippen LogP contribution < -0.4 is 5.32 Å². The maximum absolute atomic E-state index is 5.02. The molecule has 0 fully saturated rings. The van der Waals surface area contributed by atoms with E-state index in [4.69, 9.17) is 4.74 Å². The number of likely N-dealkylation sites (N-methyl/N-ethyl adjacent to an activating group) is 2. The average Bonchev–Trinajstić information content (AvgIpc) is 2.61. The fourth-order valence-corrected chi connectivity index (χ4v) is 1.44. The Hall–Kier alpha value is -0.810. The van der Waals surface area contributed by atoms with Crippen molar-refractivity contribution >= 4 is 5.96 Å². The van der Waals surface area contributed by atoms with Crippen LogP contribution in [0.4, 0.5) is 0 Å². The van der Waals surface area contributed by atoms with Crippen molar-refractivity contribution in [3.63, 3.8) is 0 Å². The van der Waals surface area contributed by atoms with Crippen LogP contribution in [0.1, 0.15) is 0 Å². The van der Waals surface area contributed by atoms with Crippen LogP contribution in [0.5, 0.6) is 0 Å². The van der Waals surface area contributed by atoms with Crippen molar-refractivity contribution in [2.24, 2.45) is 4.99 Å². The minimum atomic E-state index is 0.789. The molecule has 88 valence electrons. The number of nitrogens with zero attached hydrogens (tertiary/aromatic N) is 3. The number of nitrogens with one attached hydrogen (secondary N) is 1. The van der Waals surface area contributed by atoms with Crippen molar-refractivity contribution in [3.05, 3.63) is 0 Å². The van der Waals surface area contributed by atoms with E-state index in [1.165, 1.54) is 0 Å². The van der Waals surface area contributed by atoms with Gasteiger partial charge in [-0.1, -0.05) is 0 Å². The Kier molecular flexibility index (Phi) is 5.42. The van der Waals surface area contributed by atoms with Gasteiger partial charge in [0.2, 0.25) is 0 Å². The molecule has 0 spiro atoms. The quantitative estimate of drug-likeness (QED) is 0.644. The highest BCUT2D eigenvalue weighted by atomic mass is 16.5. The van der Waals surface area contributed by atoms with Crippen LogP contribution in [0.2, 0.25) is 0 Å². The molecule has 15 heavy (non-hydrogen) atoms. The fourth-order valence-electron chi connectivity index (χ4n) is 1.44. The van der Waals surface area contributed by atoms with Gasteiger partial charge in [0, 0.05) is 40.3 Å². The molecule has 0 unspecified atom stereocenters. The van der Waals surface area contributed by atoms with Crippen molar-refractivity contribution in [2.75, 3.05) is 60.5 Å². The van der Waals surface area contributed by atoms with Gasteiger partial charge in [-0.05, 0) is 7.05 Å². The SMILES string of the molecule is COCCN(C)CCNC1=NCCN1C. The van der Waals surface area contributed by atoms with Crippen LogP contribution in [0.15, 0.2) is 4.99 Å². The van der Waals surface area contributed by atoms with Gasteiger partial charge in [0.25, 0.3) is 0 Å². The Morgan fingerprint density at radius 1 is 1.53 bits per heavy atom. The van der Waals surface area contributed by atoms with Crippen LogP contribution >= 0.6 is 0 Å². The zero-order valence-electron chi connectivity index (χ0n) is 9.99. The molecule has 0 radical (unpaired) electrons. The molecule has 0 saturated carbocycles. The zero-order valence-corrected chi connectivity index (χ0v) is 9.99. The zero-order chi connectivity index (χ0) is 11.1. The molecule has 0 aromatic carbocycles. The summed E-state index contributed by atoms with van der Waals surface area (Å²) < 4.78 is 5.02. The Labute approximate surface area is 92.1 Å². The summed E-state index contributed by atoms with van der Waals surface area (Å²) in [5.74, 6) is 1.02. The summed E-state index contributed by atoms with van der Waals surface area (Å²) in [5, 5.41) is 3.33. The molecule has 0 amide bonds. The van der Waals surface area contributed by atoms with Crippen molar-refractivity contribution in [1.82, 2.24) is 15.1 Å². The summed E-state index contributed by atoms with van der Waals surface area (Å²) in [5.41, 5.74) is 0. The summed E-state index contributed by atoms with van der Waals surface area (Å²) in [7, 11) is 5.89. The summed E-state index contributed by atoms with van der Waals surface area (Å²) in [6, 6.07) is 0. The van der Waals surface area contributed by atoms with Crippen LogP contribution in [0.25, 0.3) is 0 Å². The third kappa shape index (κ3) is 4.48. The van der Waals surface area contributed by atoms with E-state index in [2.05, 4.69) is 34.2 Å². The Morgan fingerprint density at radius 3 is 2.93 bits per heavy atom. The minimum absolute atomic E-state index is 0.789. The van der Waals surface area contributed by atoms with E-state index in [0.29, 0.717) is 0 Å². The maximum atomic E-state index is 5.02. The summed E-state index contributed by atoms with van der Waals surface area (Å²) in [4.78, 5) is 8.75. The number of aliphatic imine (C=N–C) groups is 1. The highest BCUT2D eigenvalue weighted by Gasteiger charge is 2.10. The van der Waals surface area contributed by atoms with Gasteiger partial charge in [0.1, 0.15) is 0 Å². The predicted molar refractivity (Wildman–Crippen MR) is 62.3 cm³/mol. The molecular weight excluding hydrogens is 192 g/mol. The van der Waals surface area contributed by atoms with Gasteiger partial charge < -0.3 is 19.9 Å². The fraction of sp³-hybridized carbons (Fsp3) is 0.900. The van der Waals surface area contributed by atoms with Crippen molar-refractivity contribution in [1.29, 1.82) is 0 Å². The van der Waals surface area contributed by atoms with Crippen molar-refractivity contribution < 1.29 is 4.74 Å². The number of hydrogen-bond acceptors (Lipinski definition) is 5. The predicted octanol–water partition coefficient (Wildman–Crippen LogP) is -0.544. The van der Waals surface area contributed by atoms with E-state index in [1.54, 1.807) is 7.11 Å². The summed E-state index contributed by atoms with van der Waals surface area (Å²) in [6.45, 7) is 5.65. The summed E-state index contributed by atoms with van der Waals surface area (Å²) >= 11 is 0. The second-order valence-electron chi connectivity index (χ2n) is 3.85. The molecule has 0 aromatic heterocycles. The van der Waals surface area contributed by atoms with E-state index in [-0.39, 0.29) is 0 Å². The Morgan fingerprint density at radius 2 is 2.33 bits per heavy atom. The average molecular weight is 214 g/mol. The van der Waals surface area contributed by atoms with E-state index in [0.717, 1.165) is 45.3 Å². The molecule has 1 aliphatic rings. The molecule has 0 atom stereocenters. The van der Waals surface area contributed by atoms with Crippen LogP contribution in [-0.4, -0.2) is 76.3 Å². The molecule has 1 rings (SSSR count). The first-order valence-corrected chi connectivity index (χ1v) is 5.41. The van der Waals surface area contributed by atoms with E-state index >= 15 is 0 Å². The molecular formula is C10H22N4O. The third-order valence-corrected chi connectivity index (χ3v) is 2.51. The Bertz CT molecular complexity index is 208. The van der Waals surface area contributed by atoms with Crippen molar-refractivity contribution in [3.8, 4) is 0 Å². The maximum Gasteiger partial charge on any atom is 0.193 e. The monoisotopic (exact) mass is 214 g/mol. The number of rotatable bonds is 6. The lowest BCUT2D eigenvalue weighted by atomic mass is 10.5. The number of ether oxygens (including phenoxy) is 1. The second-order valence-corrected chi connectivity index (χ2v) is 3.85. The molecule has 0 bridgehead atoms. The molecule has 0 aliphatic carbocycles. The highest BCUT2D eigenvalue weighted by molar-refractivity contribution is 5.81. The second kappa shape index (κ2) is 6.63. The molecule has 0 saturated heterocycles.